The van der Waals surface area contributed by atoms with E-state index < -0.39 is 0 Å². The molecule has 1 aliphatic rings. The van der Waals surface area contributed by atoms with Gasteiger partial charge in [0.05, 0.1) is 11.2 Å². The van der Waals surface area contributed by atoms with Crippen molar-refractivity contribution in [2.24, 2.45) is 0 Å². The van der Waals surface area contributed by atoms with Gasteiger partial charge in [0.1, 0.15) is 0 Å². The molecule has 4 aromatic rings. The Labute approximate surface area is 205 Å². The molecule has 1 fully saturated rings. The molecule has 1 aliphatic heterocycles. The number of benzene rings is 2. The Hall–Kier alpha value is -3.64. The van der Waals surface area contributed by atoms with Crippen molar-refractivity contribution in [3.05, 3.63) is 97.3 Å². The van der Waals surface area contributed by atoms with Crippen molar-refractivity contribution in [2.75, 3.05) is 21.9 Å². The highest BCUT2D eigenvalue weighted by Crippen LogP contribution is 2.29. The Balaban J connectivity index is 0.00000133. The fourth-order valence-corrected chi connectivity index (χ4v) is 4.96. The zero-order valence-electron chi connectivity index (χ0n) is 19.3. The summed E-state index contributed by atoms with van der Waals surface area (Å²) >= 11 is 1.86. The molecule has 3 heterocycles. The third kappa shape index (κ3) is 5.29. The van der Waals surface area contributed by atoms with Crippen LogP contribution in [0.3, 0.4) is 0 Å². The van der Waals surface area contributed by atoms with Gasteiger partial charge in [0, 0.05) is 52.6 Å². The number of hydrogen-bond acceptors (Lipinski definition) is 5. The molecule has 0 aliphatic carbocycles. The SMILES string of the molecule is C=C.Cc1ccc(NC(=O)c2ccc(N3CCCCS3)cc2)cc1-c1ccc2cnccc2n1. The van der Waals surface area contributed by atoms with E-state index in [2.05, 4.69) is 34.7 Å². The van der Waals surface area contributed by atoms with Gasteiger partial charge in [0.25, 0.3) is 5.91 Å². The van der Waals surface area contributed by atoms with Gasteiger partial charge in [-0.15, -0.1) is 13.2 Å². The Morgan fingerprint density at radius 3 is 2.62 bits per heavy atom. The second kappa shape index (κ2) is 11.0. The molecule has 1 amide bonds. The number of aromatic nitrogens is 2. The summed E-state index contributed by atoms with van der Waals surface area (Å²) < 4.78 is 2.31. The van der Waals surface area contributed by atoms with Crippen molar-refractivity contribution in [2.45, 2.75) is 19.8 Å². The second-order valence-electron chi connectivity index (χ2n) is 7.94. The van der Waals surface area contributed by atoms with E-state index in [1.807, 2.05) is 78.8 Å². The number of rotatable bonds is 4. The van der Waals surface area contributed by atoms with Crippen molar-refractivity contribution in [3.63, 3.8) is 0 Å². The Kier molecular flexibility index (Phi) is 7.60. The Morgan fingerprint density at radius 1 is 1.03 bits per heavy atom. The molecule has 1 N–H and O–H groups in total. The number of fused-ring (bicyclic) bond motifs is 1. The number of pyridine rings is 2. The van der Waals surface area contributed by atoms with Crippen LogP contribution in [0.15, 0.2) is 86.2 Å². The first-order valence-electron chi connectivity index (χ1n) is 11.3. The average Bonchev–Trinajstić information content (AvgIpc) is 2.91. The fourth-order valence-electron chi connectivity index (χ4n) is 3.87. The number of amides is 1. The first kappa shape index (κ1) is 23.5. The summed E-state index contributed by atoms with van der Waals surface area (Å²) in [4.78, 5) is 21.8. The second-order valence-corrected chi connectivity index (χ2v) is 9.05. The highest BCUT2D eigenvalue weighted by molar-refractivity contribution is 8.00. The van der Waals surface area contributed by atoms with Crippen molar-refractivity contribution in [1.82, 2.24) is 9.97 Å². The minimum Gasteiger partial charge on any atom is -0.322 e. The van der Waals surface area contributed by atoms with Crippen molar-refractivity contribution in [1.29, 1.82) is 0 Å². The van der Waals surface area contributed by atoms with Crippen LogP contribution in [-0.4, -0.2) is 28.2 Å². The van der Waals surface area contributed by atoms with Crippen LogP contribution in [0.1, 0.15) is 28.8 Å². The van der Waals surface area contributed by atoms with Crippen LogP contribution in [-0.2, 0) is 0 Å². The molecular weight excluding hydrogens is 440 g/mol. The maximum Gasteiger partial charge on any atom is 0.255 e. The van der Waals surface area contributed by atoms with Crippen LogP contribution in [0.5, 0.6) is 0 Å². The van der Waals surface area contributed by atoms with E-state index in [1.54, 1.807) is 6.20 Å². The van der Waals surface area contributed by atoms with E-state index in [0.717, 1.165) is 51.4 Å². The van der Waals surface area contributed by atoms with Gasteiger partial charge in [-0.05, 0) is 91.9 Å². The zero-order valence-corrected chi connectivity index (χ0v) is 20.1. The minimum absolute atomic E-state index is 0.116. The molecule has 5 nitrogen and oxygen atoms in total. The highest BCUT2D eigenvalue weighted by atomic mass is 32.2. The standard InChI is InChI=1S/C26H24N4OS.C2H4/c1-18-4-8-21(16-23(18)25-11-7-20-17-27-13-12-24(20)29-25)28-26(31)19-5-9-22(10-6-19)30-14-2-3-15-32-30;1-2/h4-13,16-17H,2-3,14-15H2,1H3,(H,28,31);1-2H2. The molecule has 2 aromatic heterocycles. The van der Waals surface area contributed by atoms with Crippen LogP contribution < -0.4 is 9.62 Å². The first-order valence-corrected chi connectivity index (χ1v) is 12.3. The van der Waals surface area contributed by atoms with E-state index in [0.29, 0.717) is 5.56 Å². The van der Waals surface area contributed by atoms with Gasteiger partial charge in [-0.1, -0.05) is 6.07 Å². The fraction of sp³-hybridized carbons (Fsp3) is 0.179. The third-order valence-electron chi connectivity index (χ3n) is 5.68. The van der Waals surface area contributed by atoms with Crippen LogP contribution in [0.2, 0.25) is 0 Å². The van der Waals surface area contributed by atoms with Gasteiger partial charge in [0.2, 0.25) is 0 Å². The van der Waals surface area contributed by atoms with Crippen molar-refractivity contribution in [3.8, 4) is 11.3 Å². The van der Waals surface area contributed by atoms with E-state index in [1.165, 1.54) is 12.8 Å². The normalized spacial score (nSPS) is 13.1. The van der Waals surface area contributed by atoms with E-state index in [9.17, 15) is 4.79 Å². The van der Waals surface area contributed by atoms with Crippen LogP contribution in [0.25, 0.3) is 22.2 Å². The molecule has 0 radical (unpaired) electrons. The monoisotopic (exact) mass is 468 g/mol. The van der Waals surface area contributed by atoms with Gasteiger partial charge in [-0.25, -0.2) is 4.98 Å². The minimum atomic E-state index is -0.116. The lowest BCUT2D eigenvalue weighted by atomic mass is 10.0. The van der Waals surface area contributed by atoms with Crippen molar-refractivity contribution >= 4 is 40.1 Å². The summed E-state index contributed by atoms with van der Waals surface area (Å²) in [6.07, 6.45) is 6.04. The van der Waals surface area contributed by atoms with Gasteiger partial charge in [0.15, 0.2) is 0 Å². The predicted octanol–water partition coefficient (Wildman–Crippen LogP) is 6.91. The van der Waals surface area contributed by atoms with Gasteiger partial charge in [-0.2, -0.15) is 0 Å². The molecule has 172 valence electrons. The Bertz CT molecular complexity index is 1280. The molecule has 34 heavy (non-hydrogen) atoms. The molecule has 0 saturated carbocycles. The molecule has 0 spiro atoms. The van der Waals surface area contributed by atoms with Crippen LogP contribution in [0, 0.1) is 6.92 Å². The maximum absolute atomic E-state index is 12.9. The van der Waals surface area contributed by atoms with Gasteiger partial charge < -0.3 is 9.62 Å². The number of anilines is 2. The lowest BCUT2D eigenvalue weighted by molar-refractivity contribution is 0.102. The molecular formula is C28H28N4OS. The molecule has 5 rings (SSSR count). The largest absolute Gasteiger partial charge is 0.322 e. The summed E-state index contributed by atoms with van der Waals surface area (Å²) in [5, 5.41) is 4.04. The highest BCUT2D eigenvalue weighted by Gasteiger charge is 2.14. The number of nitrogens with zero attached hydrogens (tertiary/aromatic N) is 3. The van der Waals surface area contributed by atoms with Crippen molar-refractivity contribution < 1.29 is 4.79 Å². The molecule has 0 bridgehead atoms. The number of hydrogen-bond donors (Lipinski definition) is 1. The van der Waals surface area contributed by atoms with E-state index in [4.69, 9.17) is 4.98 Å². The molecule has 0 unspecified atom stereocenters. The smallest absolute Gasteiger partial charge is 0.255 e. The summed E-state index contributed by atoms with van der Waals surface area (Å²) in [5.74, 6) is 1.04. The topological polar surface area (TPSA) is 58.1 Å². The summed E-state index contributed by atoms with van der Waals surface area (Å²) in [5.41, 5.74) is 6.43. The number of carbonyl (C=O) groups excluding carboxylic acids is 1. The van der Waals surface area contributed by atoms with Crippen LogP contribution >= 0.6 is 11.9 Å². The number of aryl methyl sites for hydroxylation is 1. The Morgan fingerprint density at radius 2 is 1.85 bits per heavy atom. The summed E-state index contributed by atoms with van der Waals surface area (Å²) in [7, 11) is 0. The first-order chi connectivity index (χ1) is 16.7. The van der Waals surface area contributed by atoms with E-state index >= 15 is 0 Å². The number of carbonyl (C=O) groups is 1. The average molecular weight is 469 g/mol. The summed E-state index contributed by atoms with van der Waals surface area (Å²) in [6, 6.07) is 19.7. The zero-order chi connectivity index (χ0) is 23.9. The number of nitrogens with one attached hydrogen (secondary N) is 1. The molecule has 0 atom stereocenters. The lowest BCUT2D eigenvalue weighted by Gasteiger charge is -2.27. The quantitative estimate of drug-likeness (QED) is 0.260. The summed E-state index contributed by atoms with van der Waals surface area (Å²) in [6.45, 7) is 9.11. The molecule has 1 saturated heterocycles. The molecule has 6 heteroatoms. The van der Waals surface area contributed by atoms with Crippen LogP contribution in [0.4, 0.5) is 11.4 Å². The predicted molar refractivity (Wildman–Crippen MR) is 144 cm³/mol. The van der Waals surface area contributed by atoms with E-state index in [-0.39, 0.29) is 5.91 Å². The third-order valence-corrected chi connectivity index (χ3v) is 6.86. The lowest BCUT2D eigenvalue weighted by Crippen LogP contribution is -2.21. The molecule has 2 aromatic carbocycles. The maximum atomic E-state index is 12.9. The van der Waals surface area contributed by atoms with Gasteiger partial charge in [-0.3, -0.25) is 9.78 Å². The van der Waals surface area contributed by atoms with Gasteiger partial charge >= 0.3 is 0 Å².